The van der Waals surface area contributed by atoms with Crippen LogP contribution in [-0.2, 0) is 13.2 Å². The van der Waals surface area contributed by atoms with Crippen molar-refractivity contribution >= 4 is 5.91 Å². The Hall–Kier alpha value is -2.33. The molecule has 0 radical (unpaired) electrons. The highest BCUT2D eigenvalue weighted by Gasteiger charge is 2.10. The molecule has 4 nitrogen and oxygen atoms in total. The Morgan fingerprint density at radius 2 is 1.63 bits per heavy atom. The molecule has 0 atom stereocenters. The van der Waals surface area contributed by atoms with Crippen molar-refractivity contribution in [2.45, 2.75) is 13.2 Å². The molecule has 3 N–H and O–H groups in total. The lowest BCUT2D eigenvalue weighted by molar-refractivity contribution is 0.0948. The number of rotatable bonds is 4. The van der Waals surface area contributed by atoms with E-state index in [4.69, 9.17) is 0 Å². The summed E-state index contributed by atoms with van der Waals surface area (Å²) >= 11 is 0. The number of hydrogen-bond donors (Lipinski definition) is 3. The van der Waals surface area contributed by atoms with Crippen LogP contribution in [-0.4, -0.2) is 16.1 Å². The number of phenolic OH excluding ortho intramolecular Hbond substituents is 1. The summed E-state index contributed by atoms with van der Waals surface area (Å²) in [5, 5.41) is 21.5. The highest BCUT2D eigenvalue weighted by molar-refractivity contribution is 5.96. The number of aromatic hydroxyl groups is 1. The fourth-order valence-corrected chi connectivity index (χ4v) is 1.82. The van der Waals surface area contributed by atoms with E-state index < -0.39 is 0 Å². The summed E-state index contributed by atoms with van der Waals surface area (Å²) in [4.78, 5) is 11.9. The van der Waals surface area contributed by atoms with E-state index in [2.05, 4.69) is 5.32 Å². The summed E-state index contributed by atoms with van der Waals surface area (Å²) in [5.74, 6) is -0.388. The smallest absolute Gasteiger partial charge is 0.255 e. The zero-order chi connectivity index (χ0) is 13.7. The van der Waals surface area contributed by atoms with Crippen LogP contribution < -0.4 is 5.32 Å². The fraction of sp³-hybridized carbons (Fsp3) is 0.133. The number of aliphatic hydroxyl groups is 1. The molecule has 0 fully saturated rings. The van der Waals surface area contributed by atoms with Crippen molar-refractivity contribution in [2.24, 2.45) is 0 Å². The fourth-order valence-electron chi connectivity index (χ4n) is 1.82. The number of carbonyl (C=O) groups excluding carboxylic acids is 1. The second-order valence-electron chi connectivity index (χ2n) is 4.13. The molecule has 0 spiro atoms. The van der Waals surface area contributed by atoms with Gasteiger partial charge in [0.1, 0.15) is 5.75 Å². The third-order valence-electron chi connectivity index (χ3n) is 2.88. The van der Waals surface area contributed by atoms with Gasteiger partial charge in [-0.2, -0.15) is 0 Å². The van der Waals surface area contributed by atoms with Gasteiger partial charge in [-0.25, -0.2) is 0 Å². The van der Waals surface area contributed by atoms with Crippen molar-refractivity contribution in [3.05, 3.63) is 65.2 Å². The van der Waals surface area contributed by atoms with Crippen LogP contribution >= 0.6 is 0 Å². The maximum Gasteiger partial charge on any atom is 0.255 e. The van der Waals surface area contributed by atoms with Gasteiger partial charge in [-0.1, -0.05) is 36.4 Å². The zero-order valence-electron chi connectivity index (χ0n) is 10.3. The number of carbonyl (C=O) groups is 1. The molecule has 0 heterocycles. The van der Waals surface area contributed by atoms with Crippen molar-refractivity contribution in [1.29, 1.82) is 0 Å². The Labute approximate surface area is 111 Å². The molecule has 0 aliphatic rings. The minimum absolute atomic E-state index is 0.0459. The van der Waals surface area contributed by atoms with Crippen molar-refractivity contribution in [1.82, 2.24) is 5.32 Å². The lowest BCUT2D eigenvalue weighted by Crippen LogP contribution is -2.23. The van der Waals surface area contributed by atoms with Gasteiger partial charge in [0, 0.05) is 6.54 Å². The maximum atomic E-state index is 11.9. The van der Waals surface area contributed by atoms with E-state index in [1.165, 1.54) is 6.07 Å². The van der Waals surface area contributed by atoms with Crippen molar-refractivity contribution in [3.8, 4) is 5.75 Å². The van der Waals surface area contributed by atoms with Gasteiger partial charge < -0.3 is 15.5 Å². The normalized spacial score (nSPS) is 10.2. The molecular formula is C15H15NO3. The van der Waals surface area contributed by atoms with E-state index in [1.54, 1.807) is 18.2 Å². The largest absolute Gasteiger partial charge is 0.507 e. The molecule has 0 bridgehead atoms. The SMILES string of the molecule is O=C(NCc1ccccc1CO)c1ccccc1O. The standard InChI is InChI=1S/C15H15NO3/c17-10-12-6-2-1-5-11(12)9-16-15(19)13-7-3-4-8-14(13)18/h1-8,17-18H,9-10H2,(H,16,19). The van der Waals surface area contributed by atoms with Crippen LogP contribution in [0.25, 0.3) is 0 Å². The molecule has 4 heteroatoms. The first-order chi connectivity index (χ1) is 9.22. The van der Waals surface area contributed by atoms with Crippen LogP contribution in [0.3, 0.4) is 0 Å². The summed E-state index contributed by atoms with van der Waals surface area (Å²) in [5.41, 5.74) is 1.87. The van der Waals surface area contributed by atoms with E-state index in [1.807, 2.05) is 24.3 Å². The third-order valence-corrected chi connectivity index (χ3v) is 2.88. The van der Waals surface area contributed by atoms with Gasteiger partial charge in [0.2, 0.25) is 0 Å². The number of nitrogens with one attached hydrogen (secondary N) is 1. The minimum Gasteiger partial charge on any atom is -0.507 e. The van der Waals surface area contributed by atoms with E-state index in [-0.39, 0.29) is 23.8 Å². The monoisotopic (exact) mass is 257 g/mol. The van der Waals surface area contributed by atoms with E-state index in [0.717, 1.165) is 11.1 Å². The number of benzene rings is 2. The molecular weight excluding hydrogens is 242 g/mol. The van der Waals surface area contributed by atoms with Gasteiger partial charge in [-0.15, -0.1) is 0 Å². The van der Waals surface area contributed by atoms with Gasteiger partial charge in [0.05, 0.1) is 12.2 Å². The Bertz CT molecular complexity index is 581. The predicted octanol–water partition coefficient (Wildman–Crippen LogP) is 1.81. The number of aliphatic hydroxyl groups excluding tert-OH is 1. The molecule has 98 valence electrons. The first kappa shape index (κ1) is 13.1. The van der Waals surface area contributed by atoms with Crippen LogP contribution in [0.2, 0.25) is 0 Å². The first-order valence-corrected chi connectivity index (χ1v) is 5.96. The average molecular weight is 257 g/mol. The van der Waals surface area contributed by atoms with Crippen LogP contribution in [0.15, 0.2) is 48.5 Å². The van der Waals surface area contributed by atoms with Crippen molar-refractivity contribution in [2.75, 3.05) is 0 Å². The van der Waals surface area contributed by atoms with Gasteiger partial charge in [0.25, 0.3) is 5.91 Å². The molecule has 0 saturated carbocycles. The quantitative estimate of drug-likeness (QED) is 0.782. The molecule has 0 aromatic heterocycles. The van der Waals surface area contributed by atoms with E-state index in [9.17, 15) is 15.0 Å². The van der Waals surface area contributed by atoms with Gasteiger partial charge in [0.15, 0.2) is 0 Å². The molecule has 19 heavy (non-hydrogen) atoms. The number of hydrogen-bond acceptors (Lipinski definition) is 3. The summed E-state index contributed by atoms with van der Waals surface area (Å²) in [6.07, 6.45) is 0. The molecule has 0 aliphatic heterocycles. The molecule has 2 rings (SSSR count). The highest BCUT2D eigenvalue weighted by atomic mass is 16.3. The lowest BCUT2D eigenvalue weighted by Gasteiger charge is -2.09. The third kappa shape index (κ3) is 3.11. The maximum absolute atomic E-state index is 11.9. The molecule has 0 aliphatic carbocycles. The topological polar surface area (TPSA) is 69.6 Å². The molecule has 2 aromatic rings. The number of amides is 1. The Kier molecular flexibility index (Phi) is 4.15. The zero-order valence-corrected chi connectivity index (χ0v) is 10.3. The number of phenols is 1. The summed E-state index contributed by atoms with van der Waals surface area (Å²) in [6.45, 7) is 0.243. The first-order valence-electron chi connectivity index (χ1n) is 5.96. The summed E-state index contributed by atoms with van der Waals surface area (Å²) < 4.78 is 0. The van der Waals surface area contributed by atoms with Crippen LogP contribution in [0, 0.1) is 0 Å². The van der Waals surface area contributed by atoms with Crippen molar-refractivity contribution < 1.29 is 15.0 Å². The number of para-hydroxylation sites is 1. The highest BCUT2D eigenvalue weighted by Crippen LogP contribution is 2.15. The van der Waals surface area contributed by atoms with Gasteiger partial charge >= 0.3 is 0 Å². The van der Waals surface area contributed by atoms with Gasteiger partial charge in [-0.05, 0) is 23.3 Å². The van der Waals surface area contributed by atoms with Gasteiger partial charge in [-0.3, -0.25) is 4.79 Å². The summed E-state index contributed by atoms with van der Waals surface area (Å²) in [6, 6.07) is 13.7. The van der Waals surface area contributed by atoms with Crippen molar-refractivity contribution in [3.63, 3.8) is 0 Å². The second kappa shape index (κ2) is 6.02. The Morgan fingerprint density at radius 1 is 1.00 bits per heavy atom. The van der Waals surface area contributed by atoms with E-state index in [0.29, 0.717) is 6.54 Å². The average Bonchev–Trinajstić information content (AvgIpc) is 2.45. The molecule has 0 unspecified atom stereocenters. The summed E-state index contributed by atoms with van der Waals surface area (Å²) in [7, 11) is 0. The molecule has 1 amide bonds. The second-order valence-corrected chi connectivity index (χ2v) is 4.13. The predicted molar refractivity (Wildman–Crippen MR) is 71.6 cm³/mol. The van der Waals surface area contributed by atoms with Crippen LogP contribution in [0.4, 0.5) is 0 Å². The lowest BCUT2D eigenvalue weighted by atomic mass is 10.1. The minimum atomic E-state index is -0.342. The van der Waals surface area contributed by atoms with Crippen LogP contribution in [0.1, 0.15) is 21.5 Å². The Balaban J connectivity index is 2.07. The molecule has 0 saturated heterocycles. The Morgan fingerprint density at radius 3 is 2.32 bits per heavy atom. The van der Waals surface area contributed by atoms with Crippen LogP contribution in [0.5, 0.6) is 5.75 Å². The van der Waals surface area contributed by atoms with E-state index >= 15 is 0 Å². The molecule has 2 aromatic carbocycles.